The fraction of sp³-hybridized carbons (Fsp3) is 0. The Morgan fingerprint density at radius 2 is 1.25 bits per heavy atom. The molecule has 0 N–H and O–H groups in total. The normalized spacial score (nSPS) is 13.4. The summed E-state index contributed by atoms with van der Waals surface area (Å²) in [5, 5.41) is 0. The second-order valence-electron chi connectivity index (χ2n) is 9.24. The molecular weight excluding hydrogens is 441 g/mol. The third-order valence-electron chi connectivity index (χ3n) is 7.25. The van der Waals surface area contributed by atoms with Crippen LogP contribution in [0, 0.1) is 0 Å². The average Bonchev–Trinajstić information content (AvgIpc) is 3.53. The van der Waals surface area contributed by atoms with Crippen molar-refractivity contribution in [2.75, 3.05) is 9.62 Å². The predicted molar refractivity (Wildman–Crippen MR) is 147 cm³/mol. The number of benzene rings is 5. The zero-order valence-corrected chi connectivity index (χ0v) is 19.4. The average molecular weight is 461 g/mol. The molecular formula is C31H20BN3O. The Bertz CT molecular complexity index is 1780. The summed E-state index contributed by atoms with van der Waals surface area (Å²) >= 11 is 0. The highest BCUT2D eigenvalue weighted by Gasteiger charge is 2.47. The van der Waals surface area contributed by atoms with E-state index in [1.165, 1.54) is 33.7 Å². The summed E-state index contributed by atoms with van der Waals surface area (Å²) in [6.07, 6.45) is 0. The highest BCUT2D eigenvalue weighted by atomic mass is 16.3. The monoisotopic (exact) mass is 461 g/mol. The number of para-hydroxylation sites is 3. The number of rotatable bonds is 2. The van der Waals surface area contributed by atoms with Gasteiger partial charge in [0.15, 0.2) is 5.58 Å². The van der Waals surface area contributed by atoms with Crippen molar-refractivity contribution in [1.29, 1.82) is 0 Å². The number of anilines is 4. The molecule has 0 fully saturated rings. The van der Waals surface area contributed by atoms with Crippen LogP contribution in [-0.2, 0) is 0 Å². The van der Waals surface area contributed by atoms with Crippen LogP contribution in [0.1, 0.15) is 0 Å². The highest BCUT2D eigenvalue weighted by Crippen LogP contribution is 2.50. The van der Waals surface area contributed by atoms with Crippen LogP contribution in [0.4, 0.5) is 22.7 Å². The van der Waals surface area contributed by atoms with Crippen molar-refractivity contribution >= 4 is 46.3 Å². The predicted octanol–water partition coefficient (Wildman–Crippen LogP) is 7.16. The molecule has 0 bridgehead atoms. The molecule has 6 aromatic rings. The molecule has 5 aromatic carbocycles. The Balaban J connectivity index is 1.34. The fourth-order valence-corrected chi connectivity index (χ4v) is 5.72. The van der Waals surface area contributed by atoms with Crippen molar-refractivity contribution in [3.05, 3.63) is 121 Å². The Labute approximate surface area is 209 Å². The van der Waals surface area contributed by atoms with Crippen LogP contribution in [0.2, 0.25) is 0 Å². The summed E-state index contributed by atoms with van der Waals surface area (Å²) in [6.45, 7) is 0.00228. The largest absolute Gasteiger partial charge is 0.436 e. The van der Waals surface area contributed by atoms with E-state index in [-0.39, 0.29) is 6.98 Å². The SMILES string of the molecule is c1ccc(-c2nc3ccc(N4B5c6ccccc6-c6ccccc6N5c5ccccc54)cc3o2)cc1. The van der Waals surface area contributed by atoms with Gasteiger partial charge in [0.2, 0.25) is 5.89 Å². The molecule has 0 atom stereocenters. The lowest BCUT2D eigenvalue weighted by Gasteiger charge is -2.36. The van der Waals surface area contributed by atoms with E-state index in [4.69, 9.17) is 9.40 Å². The molecule has 3 heterocycles. The number of hydrogen-bond acceptors (Lipinski definition) is 4. The third-order valence-corrected chi connectivity index (χ3v) is 7.25. The summed E-state index contributed by atoms with van der Waals surface area (Å²) in [5.41, 5.74) is 11.1. The van der Waals surface area contributed by atoms with Gasteiger partial charge >= 0.3 is 6.98 Å². The molecule has 0 unspecified atom stereocenters. The van der Waals surface area contributed by atoms with E-state index in [2.05, 4.69) is 101 Å². The first kappa shape index (κ1) is 19.5. The molecule has 4 nitrogen and oxygen atoms in total. The van der Waals surface area contributed by atoms with Crippen molar-refractivity contribution < 1.29 is 4.42 Å². The minimum absolute atomic E-state index is 0.00228. The number of nitrogens with zero attached hydrogens (tertiary/aromatic N) is 3. The zero-order valence-electron chi connectivity index (χ0n) is 19.4. The maximum absolute atomic E-state index is 6.25. The molecule has 8 rings (SSSR count). The maximum atomic E-state index is 6.25. The summed E-state index contributed by atoms with van der Waals surface area (Å²) in [4.78, 5) is 9.64. The van der Waals surface area contributed by atoms with Crippen LogP contribution >= 0.6 is 0 Å². The molecule has 2 aliphatic rings. The van der Waals surface area contributed by atoms with E-state index in [0.717, 1.165) is 22.4 Å². The smallest absolute Gasteiger partial charge is 0.421 e. The molecule has 1 aromatic heterocycles. The topological polar surface area (TPSA) is 32.5 Å². The molecule has 5 heteroatoms. The minimum atomic E-state index is 0.00228. The van der Waals surface area contributed by atoms with Crippen molar-refractivity contribution in [3.8, 4) is 22.6 Å². The standard InChI is InChI=1S/C31H20BN3O/c1-2-10-21(11-3-1)31-33-26-19-18-22(20-30(26)36-31)34-28-16-8-9-17-29(28)35-27-15-7-5-13-24(27)23-12-4-6-14-25(23)32(34)35/h1-20H. The van der Waals surface area contributed by atoms with Gasteiger partial charge in [0.1, 0.15) is 5.52 Å². The number of oxazole rings is 1. The summed E-state index contributed by atoms with van der Waals surface area (Å²) in [5.74, 6) is 0.642. The van der Waals surface area contributed by atoms with Gasteiger partial charge in [-0.25, -0.2) is 4.98 Å². The Kier molecular flexibility index (Phi) is 4.00. The van der Waals surface area contributed by atoms with E-state index in [0.29, 0.717) is 5.89 Å². The molecule has 0 spiro atoms. The number of aromatic nitrogens is 1. The van der Waals surface area contributed by atoms with E-state index >= 15 is 0 Å². The van der Waals surface area contributed by atoms with E-state index in [9.17, 15) is 0 Å². The first-order valence-corrected chi connectivity index (χ1v) is 12.2. The van der Waals surface area contributed by atoms with Crippen LogP contribution in [0.25, 0.3) is 33.7 Å². The van der Waals surface area contributed by atoms with Gasteiger partial charge in [-0.05, 0) is 53.5 Å². The molecule has 36 heavy (non-hydrogen) atoms. The first-order valence-electron chi connectivity index (χ1n) is 12.2. The highest BCUT2D eigenvalue weighted by molar-refractivity contribution is 6.86. The van der Waals surface area contributed by atoms with Gasteiger partial charge < -0.3 is 14.0 Å². The minimum Gasteiger partial charge on any atom is -0.436 e. The fourth-order valence-electron chi connectivity index (χ4n) is 5.72. The Morgan fingerprint density at radius 3 is 2.08 bits per heavy atom. The summed E-state index contributed by atoms with van der Waals surface area (Å²) in [7, 11) is 0. The summed E-state index contributed by atoms with van der Waals surface area (Å²) < 4.78 is 6.25. The van der Waals surface area contributed by atoms with Gasteiger partial charge in [0.25, 0.3) is 0 Å². The molecule has 0 saturated carbocycles. The molecule has 0 saturated heterocycles. The van der Waals surface area contributed by atoms with Crippen LogP contribution in [-0.4, -0.2) is 12.0 Å². The lowest BCUT2D eigenvalue weighted by molar-refractivity contribution is 0.620. The lowest BCUT2D eigenvalue weighted by atomic mass is 9.59. The van der Waals surface area contributed by atoms with E-state index in [1.54, 1.807) is 0 Å². The lowest BCUT2D eigenvalue weighted by Crippen LogP contribution is -2.55. The van der Waals surface area contributed by atoms with Crippen LogP contribution in [0.3, 0.4) is 0 Å². The van der Waals surface area contributed by atoms with Gasteiger partial charge in [-0.1, -0.05) is 72.8 Å². The van der Waals surface area contributed by atoms with Gasteiger partial charge in [0.05, 0.1) is 11.4 Å². The van der Waals surface area contributed by atoms with Crippen LogP contribution in [0.5, 0.6) is 0 Å². The van der Waals surface area contributed by atoms with Gasteiger partial charge in [-0.15, -0.1) is 0 Å². The van der Waals surface area contributed by atoms with Crippen LogP contribution in [0.15, 0.2) is 126 Å². The van der Waals surface area contributed by atoms with Crippen molar-refractivity contribution in [2.24, 2.45) is 0 Å². The number of fused-ring (bicyclic) bond motifs is 9. The quantitative estimate of drug-likeness (QED) is 0.256. The molecule has 0 aliphatic carbocycles. The Morgan fingerprint density at radius 1 is 0.583 bits per heavy atom. The third kappa shape index (κ3) is 2.68. The van der Waals surface area contributed by atoms with Gasteiger partial charge in [-0.3, -0.25) is 0 Å². The Hall–Kier alpha value is -4.77. The van der Waals surface area contributed by atoms with Gasteiger partial charge in [-0.2, -0.15) is 0 Å². The zero-order chi connectivity index (χ0) is 23.6. The van der Waals surface area contributed by atoms with Crippen LogP contribution < -0.4 is 15.1 Å². The second-order valence-corrected chi connectivity index (χ2v) is 9.24. The molecule has 2 aliphatic heterocycles. The van der Waals surface area contributed by atoms with Gasteiger partial charge in [0, 0.05) is 28.6 Å². The van der Waals surface area contributed by atoms with E-state index in [1.807, 2.05) is 30.3 Å². The van der Waals surface area contributed by atoms with Crippen molar-refractivity contribution in [3.63, 3.8) is 0 Å². The van der Waals surface area contributed by atoms with E-state index < -0.39 is 0 Å². The van der Waals surface area contributed by atoms with Crippen molar-refractivity contribution in [1.82, 2.24) is 4.98 Å². The molecule has 0 radical (unpaired) electrons. The number of hydrogen-bond donors (Lipinski definition) is 0. The molecule has 0 amide bonds. The maximum Gasteiger partial charge on any atom is 0.421 e. The molecule has 168 valence electrons. The van der Waals surface area contributed by atoms with Crippen molar-refractivity contribution in [2.45, 2.75) is 0 Å². The first-order chi connectivity index (χ1) is 17.9. The second kappa shape index (κ2) is 7.36. The summed E-state index contributed by atoms with van der Waals surface area (Å²) in [6, 6.07) is 42.5.